The molecule has 3 rings (SSSR count). The molecule has 0 N–H and O–H groups in total. The van der Waals surface area contributed by atoms with E-state index in [0.29, 0.717) is 18.2 Å². The van der Waals surface area contributed by atoms with Crippen molar-refractivity contribution in [3.05, 3.63) is 106 Å². The van der Waals surface area contributed by atoms with Gasteiger partial charge in [0.05, 0.1) is 21.8 Å². The molecule has 6 nitrogen and oxygen atoms in total. The third kappa shape index (κ3) is 20.6. The van der Waals surface area contributed by atoms with Gasteiger partial charge in [0.15, 0.2) is 0 Å². The smallest absolute Gasteiger partial charge is 0.311 e. The quantitative estimate of drug-likeness (QED) is 0.186. The summed E-state index contributed by atoms with van der Waals surface area (Å²) in [5, 5.41) is 0.681. The molecule has 3 aromatic rings. The third-order valence-corrected chi connectivity index (χ3v) is 6.23. The van der Waals surface area contributed by atoms with Gasteiger partial charge in [-0.05, 0) is 105 Å². The Bertz CT molecular complexity index is 1420. The SMILES string of the molecule is C.C.C.CC(C)(C)C(=O)OCc1c(F)cccc1F.CC(C)(C)C(=O)OCc1ccc(Cl)cc1.Cc1cccc(COC(=O)C(C)(C)C)c1.F. The van der Waals surface area contributed by atoms with E-state index >= 15 is 0 Å². The first-order valence-electron chi connectivity index (χ1n) is 14.9. The van der Waals surface area contributed by atoms with Crippen LogP contribution >= 0.6 is 11.6 Å². The van der Waals surface area contributed by atoms with Crippen molar-refractivity contribution in [1.82, 2.24) is 0 Å². The number of hydrogen-bond acceptors (Lipinski definition) is 6. The van der Waals surface area contributed by atoms with Crippen LogP contribution in [0.2, 0.25) is 5.02 Å². The summed E-state index contributed by atoms with van der Waals surface area (Å²) >= 11 is 5.74. The van der Waals surface area contributed by atoms with Crippen LogP contribution in [0.4, 0.5) is 13.5 Å². The third-order valence-electron chi connectivity index (χ3n) is 5.98. The number of hydrogen-bond donors (Lipinski definition) is 0. The molecule has 0 fully saturated rings. The molecule has 0 heterocycles. The van der Waals surface area contributed by atoms with Gasteiger partial charge in [-0.2, -0.15) is 0 Å². The maximum Gasteiger partial charge on any atom is 0.311 e. The Morgan fingerprint density at radius 2 is 0.940 bits per heavy atom. The van der Waals surface area contributed by atoms with E-state index in [0.717, 1.165) is 23.3 Å². The molecule has 0 amide bonds. The lowest BCUT2D eigenvalue weighted by molar-refractivity contribution is -0.155. The second kappa shape index (κ2) is 23.5. The van der Waals surface area contributed by atoms with Crippen molar-refractivity contribution >= 4 is 29.5 Å². The molecule has 0 aliphatic heterocycles. The summed E-state index contributed by atoms with van der Waals surface area (Å²) in [5.74, 6) is -2.26. The molecule has 0 bridgehead atoms. The van der Waals surface area contributed by atoms with Crippen LogP contribution in [0.1, 0.15) is 107 Å². The minimum absolute atomic E-state index is 0. The maximum absolute atomic E-state index is 13.2. The largest absolute Gasteiger partial charge is 0.460 e. The zero-order chi connectivity index (χ0) is 35.3. The molecule has 284 valence electrons. The fourth-order valence-corrected chi connectivity index (χ4v) is 3.26. The van der Waals surface area contributed by atoms with Crippen LogP contribution in [-0.2, 0) is 48.4 Å². The summed E-state index contributed by atoms with van der Waals surface area (Å²) in [6.07, 6.45) is 0. The van der Waals surface area contributed by atoms with Crippen LogP contribution in [0.5, 0.6) is 0 Å². The van der Waals surface area contributed by atoms with Gasteiger partial charge in [0.25, 0.3) is 0 Å². The van der Waals surface area contributed by atoms with Crippen LogP contribution in [0, 0.1) is 34.8 Å². The molecule has 0 saturated heterocycles. The van der Waals surface area contributed by atoms with Crippen LogP contribution in [0.15, 0.2) is 66.7 Å². The lowest BCUT2D eigenvalue weighted by Gasteiger charge is -2.16. The lowest BCUT2D eigenvalue weighted by Crippen LogP contribution is -2.23. The van der Waals surface area contributed by atoms with Gasteiger partial charge in [0.1, 0.15) is 31.5 Å². The molecular weight excluding hydrogens is 669 g/mol. The normalized spacial score (nSPS) is 10.3. The Morgan fingerprint density at radius 1 is 0.580 bits per heavy atom. The summed E-state index contributed by atoms with van der Waals surface area (Å²) in [5.41, 5.74) is 1.38. The van der Waals surface area contributed by atoms with E-state index in [9.17, 15) is 23.2 Å². The van der Waals surface area contributed by atoms with Crippen LogP contribution in [-0.4, -0.2) is 17.9 Å². The topological polar surface area (TPSA) is 78.9 Å². The first-order chi connectivity index (χ1) is 21.1. The molecule has 3 aromatic carbocycles. The minimum atomic E-state index is -0.707. The fourth-order valence-electron chi connectivity index (χ4n) is 3.14. The summed E-state index contributed by atoms with van der Waals surface area (Å²) in [4.78, 5) is 34.4. The van der Waals surface area contributed by atoms with Gasteiger partial charge in [0.2, 0.25) is 0 Å². The molecule has 10 heteroatoms. The summed E-state index contributed by atoms with van der Waals surface area (Å²) < 4.78 is 41.5. The maximum atomic E-state index is 13.2. The lowest BCUT2D eigenvalue weighted by atomic mass is 9.97. The van der Waals surface area contributed by atoms with Crippen molar-refractivity contribution in [3.8, 4) is 0 Å². The first kappa shape index (κ1) is 53.0. The molecule has 0 aromatic heterocycles. The van der Waals surface area contributed by atoms with Crippen molar-refractivity contribution in [2.24, 2.45) is 16.2 Å². The number of rotatable bonds is 6. The van der Waals surface area contributed by atoms with E-state index in [1.807, 2.05) is 84.9 Å². The number of ether oxygens (including phenoxy) is 3. The number of esters is 3. The van der Waals surface area contributed by atoms with Gasteiger partial charge in [-0.1, -0.05) is 81.9 Å². The number of carbonyl (C=O) groups is 3. The van der Waals surface area contributed by atoms with Crippen molar-refractivity contribution in [1.29, 1.82) is 0 Å². The number of carbonyl (C=O) groups excluding carboxylic acids is 3. The average Bonchev–Trinajstić information content (AvgIpc) is 2.94. The molecule has 0 saturated carbocycles. The standard InChI is InChI=1S/C13H18O2.C12H15ClO2.C12H14F2O2.3CH4.FH/c1-10-6-5-7-11(8-10)9-15-12(14)13(2,3)4;1-12(2,3)11(14)15-8-9-4-6-10(13)7-5-9;1-12(2,3)11(15)16-7-8-9(13)5-4-6-10(8)14;;;;/h5-8H,9H2,1-4H3;4-7H,8H2,1-3H3;4-6H,7H2,1-3H3;3*1H4;1H. The van der Waals surface area contributed by atoms with Gasteiger partial charge in [-0.3, -0.25) is 19.1 Å². The Balaban J connectivity index is -0.000000305. The molecule has 0 aliphatic carbocycles. The Labute approximate surface area is 304 Å². The van der Waals surface area contributed by atoms with Gasteiger partial charge in [0, 0.05) is 5.02 Å². The molecule has 0 unspecified atom stereocenters. The van der Waals surface area contributed by atoms with Crippen molar-refractivity contribution in [2.45, 2.75) is 111 Å². The number of aryl methyl sites for hydroxylation is 1. The Hall–Kier alpha value is -3.85. The van der Waals surface area contributed by atoms with E-state index in [1.54, 1.807) is 32.9 Å². The van der Waals surface area contributed by atoms with Crippen LogP contribution in [0.3, 0.4) is 0 Å². The highest BCUT2D eigenvalue weighted by Crippen LogP contribution is 2.20. The van der Waals surface area contributed by atoms with Gasteiger partial charge < -0.3 is 14.2 Å². The number of benzene rings is 3. The van der Waals surface area contributed by atoms with Gasteiger partial charge in [-0.25, -0.2) is 8.78 Å². The monoisotopic (exact) mass is 728 g/mol. The first-order valence-corrected chi connectivity index (χ1v) is 15.2. The van der Waals surface area contributed by atoms with E-state index in [-0.39, 0.29) is 51.1 Å². The zero-order valence-electron chi connectivity index (χ0n) is 29.0. The highest BCUT2D eigenvalue weighted by molar-refractivity contribution is 6.30. The highest BCUT2D eigenvalue weighted by atomic mass is 35.5. The Kier molecular flexibility index (Phi) is 24.9. The van der Waals surface area contributed by atoms with Gasteiger partial charge >= 0.3 is 17.9 Å². The molecule has 0 radical (unpaired) electrons. The molecule has 50 heavy (non-hydrogen) atoms. The summed E-state index contributed by atoms with van der Waals surface area (Å²) in [6.45, 7) is 18.4. The van der Waals surface area contributed by atoms with Crippen molar-refractivity contribution in [3.63, 3.8) is 0 Å². The minimum Gasteiger partial charge on any atom is -0.460 e. The van der Waals surface area contributed by atoms with Crippen LogP contribution in [0.25, 0.3) is 0 Å². The number of halogens is 4. The van der Waals surface area contributed by atoms with E-state index in [1.165, 1.54) is 11.6 Å². The van der Waals surface area contributed by atoms with E-state index < -0.39 is 33.8 Å². The second-order valence-electron chi connectivity index (χ2n) is 13.8. The van der Waals surface area contributed by atoms with E-state index in [2.05, 4.69) is 0 Å². The average molecular weight is 729 g/mol. The van der Waals surface area contributed by atoms with Crippen molar-refractivity contribution < 1.29 is 42.1 Å². The molecule has 0 atom stereocenters. The molecule has 0 spiro atoms. The fraction of sp³-hybridized carbons (Fsp3) is 0.475. The Morgan fingerprint density at radius 3 is 1.32 bits per heavy atom. The van der Waals surface area contributed by atoms with Crippen molar-refractivity contribution in [2.75, 3.05) is 0 Å². The predicted octanol–water partition coefficient (Wildman–Crippen LogP) is 11.6. The van der Waals surface area contributed by atoms with Gasteiger partial charge in [-0.15, -0.1) is 0 Å². The zero-order valence-corrected chi connectivity index (χ0v) is 29.7. The molecular formula is C40H60ClF3O6. The van der Waals surface area contributed by atoms with Crippen LogP contribution < -0.4 is 0 Å². The highest BCUT2D eigenvalue weighted by Gasteiger charge is 2.25. The second-order valence-corrected chi connectivity index (χ2v) is 14.2. The molecule has 0 aliphatic rings. The van der Waals surface area contributed by atoms with E-state index in [4.69, 9.17) is 25.8 Å². The summed E-state index contributed by atoms with van der Waals surface area (Å²) in [6, 6.07) is 18.7. The summed E-state index contributed by atoms with van der Waals surface area (Å²) in [7, 11) is 0. The predicted molar refractivity (Wildman–Crippen MR) is 199 cm³/mol.